The van der Waals surface area contributed by atoms with Crippen molar-refractivity contribution in [3.05, 3.63) is 63.2 Å². The van der Waals surface area contributed by atoms with Crippen LogP contribution in [0.1, 0.15) is 18.4 Å². The summed E-state index contributed by atoms with van der Waals surface area (Å²) in [4.78, 5) is 21.5. The van der Waals surface area contributed by atoms with Crippen LogP contribution in [0.5, 0.6) is 0 Å². The Hall–Kier alpha value is -2.20. The van der Waals surface area contributed by atoms with E-state index in [0.717, 1.165) is 17.4 Å². The number of nitrogens with zero attached hydrogens (tertiary/aromatic N) is 1. The largest absolute Gasteiger partial charge is 0.303 e. The third-order valence-electron chi connectivity index (χ3n) is 3.10. The van der Waals surface area contributed by atoms with Gasteiger partial charge in [-0.05, 0) is 22.8 Å². The molecule has 0 fully saturated rings. The minimum Gasteiger partial charge on any atom is -0.303 e. The molecule has 0 saturated heterocycles. The molecular weight excluding hydrogens is 278 g/mol. The molecule has 5 heteroatoms. The van der Waals surface area contributed by atoms with E-state index in [0.29, 0.717) is 5.56 Å². The van der Waals surface area contributed by atoms with Crippen molar-refractivity contribution in [3.8, 4) is 11.1 Å². The van der Waals surface area contributed by atoms with Gasteiger partial charge in [0.15, 0.2) is 0 Å². The number of aldehydes is 1. The maximum Gasteiger partial charge on any atom is 0.288 e. The first-order chi connectivity index (χ1) is 9.56. The lowest BCUT2D eigenvalue weighted by Crippen LogP contribution is -2.02. The third-order valence-corrected chi connectivity index (χ3v) is 3.50. The number of nitro benzene ring substituents is 1. The number of nitro groups is 1. The van der Waals surface area contributed by atoms with Crippen molar-refractivity contribution < 1.29 is 9.72 Å². The van der Waals surface area contributed by atoms with Crippen LogP contribution in [0, 0.1) is 10.1 Å². The van der Waals surface area contributed by atoms with Gasteiger partial charge in [-0.25, -0.2) is 0 Å². The Morgan fingerprint density at radius 2 is 1.85 bits per heavy atom. The normalized spacial score (nSPS) is 11.9. The fraction of sp³-hybridized carbons (Fsp3) is 0.133. The van der Waals surface area contributed by atoms with Gasteiger partial charge in [-0.1, -0.05) is 48.9 Å². The van der Waals surface area contributed by atoms with E-state index in [2.05, 4.69) is 0 Å². The molecule has 1 atom stereocenters. The summed E-state index contributed by atoms with van der Waals surface area (Å²) in [5.74, 6) is -0.516. The zero-order chi connectivity index (χ0) is 14.7. The highest BCUT2D eigenvalue weighted by Gasteiger charge is 2.23. The Bertz CT molecular complexity index is 656. The smallest absolute Gasteiger partial charge is 0.288 e. The predicted octanol–water partition coefficient (Wildman–Crippen LogP) is 4.22. The molecule has 2 aromatic carbocycles. The Labute approximate surface area is 121 Å². The lowest BCUT2D eigenvalue weighted by atomic mass is 9.91. The zero-order valence-corrected chi connectivity index (χ0v) is 11.5. The predicted molar refractivity (Wildman–Crippen MR) is 78.0 cm³/mol. The average molecular weight is 290 g/mol. The summed E-state index contributed by atoms with van der Waals surface area (Å²) in [5, 5.41) is 11.0. The van der Waals surface area contributed by atoms with E-state index in [1.54, 1.807) is 13.0 Å². The monoisotopic (exact) mass is 289 g/mol. The minimum absolute atomic E-state index is 0.0240. The number of hydrogen-bond acceptors (Lipinski definition) is 3. The average Bonchev–Trinajstić information content (AvgIpc) is 2.46. The number of carbonyl (C=O) groups is 1. The summed E-state index contributed by atoms with van der Waals surface area (Å²) >= 11 is 6.13. The Morgan fingerprint density at radius 3 is 2.40 bits per heavy atom. The molecule has 2 rings (SSSR count). The highest BCUT2D eigenvalue weighted by atomic mass is 35.5. The van der Waals surface area contributed by atoms with Gasteiger partial charge in [0.25, 0.3) is 5.69 Å². The molecule has 0 spiro atoms. The molecule has 20 heavy (non-hydrogen) atoms. The van der Waals surface area contributed by atoms with Crippen molar-refractivity contribution in [2.24, 2.45) is 0 Å². The number of carbonyl (C=O) groups excluding carboxylic acids is 1. The fourth-order valence-corrected chi connectivity index (χ4v) is 2.51. The highest BCUT2D eigenvalue weighted by molar-refractivity contribution is 6.34. The topological polar surface area (TPSA) is 60.2 Å². The molecule has 0 N–H and O–H groups in total. The quantitative estimate of drug-likeness (QED) is 0.481. The van der Waals surface area contributed by atoms with Crippen molar-refractivity contribution >= 4 is 23.6 Å². The van der Waals surface area contributed by atoms with Gasteiger partial charge in [0.2, 0.25) is 0 Å². The second-order valence-electron chi connectivity index (χ2n) is 4.41. The van der Waals surface area contributed by atoms with Crippen molar-refractivity contribution in [1.82, 2.24) is 0 Å². The van der Waals surface area contributed by atoms with E-state index in [9.17, 15) is 14.9 Å². The maximum absolute atomic E-state index is 11.1. The van der Waals surface area contributed by atoms with Gasteiger partial charge < -0.3 is 4.79 Å². The van der Waals surface area contributed by atoms with Crippen molar-refractivity contribution in [1.29, 1.82) is 0 Å². The molecule has 0 aliphatic carbocycles. The zero-order valence-electron chi connectivity index (χ0n) is 10.7. The van der Waals surface area contributed by atoms with Crippen molar-refractivity contribution in [2.75, 3.05) is 0 Å². The van der Waals surface area contributed by atoms with E-state index >= 15 is 0 Å². The molecule has 0 radical (unpaired) electrons. The summed E-state index contributed by atoms with van der Waals surface area (Å²) in [6.07, 6.45) is 0.734. The first kappa shape index (κ1) is 14.2. The van der Waals surface area contributed by atoms with Crippen LogP contribution in [-0.2, 0) is 4.79 Å². The van der Waals surface area contributed by atoms with Crippen LogP contribution in [0.3, 0.4) is 0 Å². The van der Waals surface area contributed by atoms with Gasteiger partial charge in [-0.3, -0.25) is 10.1 Å². The SMILES string of the molecule is CC(C=O)c1c(-c2ccccc2)ccc([N+](=O)[O-])c1Cl. The van der Waals surface area contributed by atoms with Crippen LogP contribution in [0.4, 0.5) is 5.69 Å². The fourth-order valence-electron chi connectivity index (χ4n) is 2.11. The molecule has 102 valence electrons. The second-order valence-corrected chi connectivity index (χ2v) is 4.79. The summed E-state index contributed by atoms with van der Waals surface area (Å²) in [6, 6.07) is 12.3. The van der Waals surface area contributed by atoms with Gasteiger partial charge in [-0.15, -0.1) is 0 Å². The van der Waals surface area contributed by atoms with E-state index in [1.165, 1.54) is 6.07 Å². The molecule has 0 bridgehead atoms. The Kier molecular flexibility index (Phi) is 4.15. The standard InChI is InChI=1S/C15H12ClNO3/c1-10(9-18)14-12(11-5-3-2-4-6-11)7-8-13(15(14)16)17(19)20/h2-10H,1H3. The Balaban J connectivity index is 2.72. The molecule has 2 aromatic rings. The number of hydrogen-bond donors (Lipinski definition) is 0. The molecular formula is C15H12ClNO3. The van der Waals surface area contributed by atoms with Gasteiger partial charge in [0, 0.05) is 12.0 Å². The molecule has 4 nitrogen and oxygen atoms in total. The lowest BCUT2D eigenvalue weighted by Gasteiger charge is -2.14. The molecule has 1 unspecified atom stereocenters. The molecule has 0 aliphatic heterocycles. The van der Waals surface area contributed by atoms with E-state index in [-0.39, 0.29) is 10.7 Å². The second kappa shape index (κ2) is 5.84. The van der Waals surface area contributed by atoms with Crippen LogP contribution in [0.25, 0.3) is 11.1 Å². The molecule has 0 aliphatic rings. The maximum atomic E-state index is 11.1. The van der Waals surface area contributed by atoms with Crippen LogP contribution >= 0.6 is 11.6 Å². The third kappa shape index (κ3) is 2.56. The van der Waals surface area contributed by atoms with Crippen molar-refractivity contribution in [2.45, 2.75) is 12.8 Å². The molecule has 0 aromatic heterocycles. The summed E-state index contributed by atoms with van der Waals surface area (Å²) in [7, 11) is 0. The highest BCUT2D eigenvalue weighted by Crippen LogP contribution is 2.39. The van der Waals surface area contributed by atoms with Gasteiger partial charge >= 0.3 is 0 Å². The summed E-state index contributed by atoms with van der Waals surface area (Å²) in [6.45, 7) is 1.67. The molecule has 0 saturated carbocycles. The Morgan fingerprint density at radius 1 is 1.20 bits per heavy atom. The van der Waals surface area contributed by atoms with Gasteiger partial charge in [0.1, 0.15) is 11.3 Å². The number of rotatable bonds is 4. The molecule has 0 amide bonds. The van der Waals surface area contributed by atoms with Crippen LogP contribution in [0.2, 0.25) is 5.02 Å². The first-order valence-corrected chi connectivity index (χ1v) is 6.41. The summed E-state index contributed by atoms with van der Waals surface area (Å²) in [5.41, 5.74) is 1.91. The number of benzene rings is 2. The van der Waals surface area contributed by atoms with Gasteiger partial charge in [0.05, 0.1) is 4.92 Å². The first-order valence-electron chi connectivity index (χ1n) is 6.03. The van der Waals surface area contributed by atoms with Crippen LogP contribution in [0.15, 0.2) is 42.5 Å². The van der Waals surface area contributed by atoms with E-state index < -0.39 is 10.8 Å². The minimum atomic E-state index is -0.544. The van der Waals surface area contributed by atoms with Gasteiger partial charge in [-0.2, -0.15) is 0 Å². The van der Waals surface area contributed by atoms with E-state index in [4.69, 9.17) is 11.6 Å². The van der Waals surface area contributed by atoms with E-state index in [1.807, 2.05) is 30.3 Å². The molecule has 0 heterocycles. The van der Waals surface area contributed by atoms with Crippen LogP contribution < -0.4 is 0 Å². The number of halogens is 1. The lowest BCUT2D eigenvalue weighted by molar-refractivity contribution is -0.384. The van der Waals surface area contributed by atoms with Crippen molar-refractivity contribution in [3.63, 3.8) is 0 Å². The summed E-state index contributed by atoms with van der Waals surface area (Å²) < 4.78 is 0. The van der Waals surface area contributed by atoms with Crippen LogP contribution in [-0.4, -0.2) is 11.2 Å².